The number of halogens is 2. The normalized spacial score (nSPS) is 20.9. The fourth-order valence-corrected chi connectivity index (χ4v) is 6.18. The van der Waals surface area contributed by atoms with Gasteiger partial charge in [-0.2, -0.15) is 0 Å². The van der Waals surface area contributed by atoms with Crippen molar-refractivity contribution in [2.45, 2.75) is 104 Å². The SMILES string of the molecule is CC(C)CCCCCCCOC(=O)Oc1c2n(cc(C(=O)NCc3ccc(F)cc3F)c1=O)C1(C)CN(C2=O)C(C)CCC1C. The van der Waals surface area contributed by atoms with E-state index in [4.69, 9.17) is 9.47 Å². The van der Waals surface area contributed by atoms with Gasteiger partial charge in [0.2, 0.25) is 11.2 Å². The van der Waals surface area contributed by atoms with Gasteiger partial charge in [-0.25, -0.2) is 13.6 Å². The molecule has 3 atom stereocenters. The van der Waals surface area contributed by atoms with Crippen molar-refractivity contribution < 1.29 is 32.6 Å². The van der Waals surface area contributed by atoms with Crippen LogP contribution in [-0.4, -0.2) is 46.6 Å². The first kappa shape index (κ1) is 34.1. The number of hydrogen-bond donors (Lipinski definition) is 1. The van der Waals surface area contributed by atoms with Gasteiger partial charge in [0.05, 0.1) is 12.1 Å². The molecule has 9 nitrogen and oxygen atoms in total. The molecule has 2 bridgehead atoms. The van der Waals surface area contributed by atoms with Crippen LogP contribution in [0.4, 0.5) is 13.6 Å². The van der Waals surface area contributed by atoms with E-state index >= 15 is 0 Å². The zero-order valence-corrected chi connectivity index (χ0v) is 26.9. The van der Waals surface area contributed by atoms with Crippen LogP contribution in [-0.2, 0) is 16.8 Å². The molecule has 1 aromatic heterocycles. The summed E-state index contributed by atoms with van der Waals surface area (Å²) < 4.78 is 39.9. The largest absolute Gasteiger partial charge is 0.514 e. The lowest BCUT2D eigenvalue weighted by Crippen LogP contribution is -2.56. The Kier molecular flexibility index (Phi) is 11.0. The van der Waals surface area contributed by atoms with E-state index in [1.165, 1.54) is 18.7 Å². The first-order valence-corrected chi connectivity index (χ1v) is 16.0. The summed E-state index contributed by atoms with van der Waals surface area (Å²) in [6.45, 7) is 10.4. The van der Waals surface area contributed by atoms with E-state index in [1.54, 1.807) is 9.47 Å². The van der Waals surface area contributed by atoms with Crippen molar-refractivity contribution in [2.75, 3.05) is 13.2 Å². The van der Waals surface area contributed by atoms with Crippen molar-refractivity contribution in [3.05, 3.63) is 63.1 Å². The second kappa shape index (κ2) is 14.6. The third-order valence-corrected chi connectivity index (χ3v) is 9.31. The minimum absolute atomic E-state index is 0.0203. The monoisotopic (exact) mass is 629 g/mol. The summed E-state index contributed by atoms with van der Waals surface area (Å²) in [5, 5.41) is 2.50. The maximum Gasteiger partial charge on any atom is 0.514 e. The Balaban J connectivity index is 1.60. The average molecular weight is 630 g/mol. The molecule has 11 heteroatoms. The third-order valence-electron chi connectivity index (χ3n) is 9.31. The molecule has 0 spiro atoms. The molecule has 1 fully saturated rings. The van der Waals surface area contributed by atoms with Crippen LogP contribution in [0.2, 0.25) is 0 Å². The van der Waals surface area contributed by atoms with Gasteiger partial charge >= 0.3 is 6.16 Å². The minimum atomic E-state index is -1.14. The number of carbonyl (C=O) groups excluding carboxylic acids is 3. The van der Waals surface area contributed by atoms with Gasteiger partial charge in [0, 0.05) is 37.0 Å². The molecule has 0 saturated carbocycles. The lowest BCUT2D eigenvalue weighted by molar-refractivity contribution is 0.0447. The first-order chi connectivity index (χ1) is 21.3. The van der Waals surface area contributed by atoms with Gasteiger partial charge in [-0.15, -0.1) is 0 Å². The number of rotatable bonds is 12. The van der Waals surface area contributed by atoms with E-state index in [0.29, 0.717) is 24.9 Å². The Hall–Kier alpha value is -3.76. The first-order valence-electron chi connectivity index (χ1n) is 16.0. The van der Waals surface area contributed by atoms with E-state index in [0.717, 1.165) is 44.6 Å². The topological polar surface area (TPSA) is 107 Å². The highest BCUT2D eigenvalue weighted by molar-refractivity contribution is 6.00. The molecule has 0 radical (unpaired) electrons. The number of benzene rings is 1. The number of nitrogens with zero attached hydrogens (tertiary/aromatic N) is 2. The Labute approximate surface area is 263 Å². The maximum atomic E-state index is 14.2. The molecule has 1 aromatic carbocycles. The molecule has 2 amide bonds. The van der Waals surface area contributed by atoms with Crippen LogP contribution in [0.15, 0.2) is 29.2 Å². The molecular weight excluding hydrogens is 584 g/mol. The molecule has 2 aliphatic heterocycles. The van der Waals surface area contributed by atoms with Crippen molar-refractivity contribution in [3.63, 3.8) is 0 Å². The van der Waals surface area contributed by atoms with Crippen molar-refractivity contribution in [1.29, 1.82) is 0 Å². The van der Waals surface area contributed by atoms with Crippen LogP contribution >= 0.6 is 0 Å². The predicted octanol–water partition coefficient (Wildman–Crippen LogP) is 6.56. The maximum absolute atomic E-state index is 14.2. The summed E-state index contributed by atoms with van der Waals surface area (Å²) in [6.07, 6.45) is 7.65. The van der Waals surface area contributed by atoms with E-state index in [2.05, 4.69) is 19.2 Å². The lowest BCUT2D eigenvalue weighted by atomic mass is 9.82. The van der Waals surface area contributed by atoms with Gasteiger partial charge in [-0.3, -0.25) is 14.4 Å². The Morgan fingerprint density at radius 2 is 1.78 bits per heavy atom. The number of unbranched alkanes of at least 4 members (excludes halogenated alkanes) is 4. The molecule has 1 N–H and O–H groups in total. The highest BCUT2D eigenvalue weighted by Gasteiger charge is 2.48. The lowest BCUT2D eigenvalue weighted by Gasteiger charge is -2.46. The summed E-state index contributed by atoms with van der Waals surface area (Å²) >= 11 is 0. The zero-order valence-electron chi connectivity index (χ0n) is 26.9. The summed E-state index contributed by atoms with van der Waals surface area (Å²) in [5.74, 6) is -2.81. The molecule has 3 heterocycles. The van der Waals surface area contributed by atoms with Crippen molar-refractivity contribution in [2.24, 2.45) is 11.8 Å². The number of amides is 2. The number of ether oxygens (including phenoxy) is 2. The van der Waals surface area contributed by atoms with Gasteiger partial charge in [-0.1, -0.05) is 58.9 Å². The molecule has 3 unspecified atom stereocenters. The van der Waals surface area contributed by atoms with E-state index in [-0.39, 0.29) is 41.9 Å². The number of carbonyl (C=O) groups is 3. The molecule has 4 rings (SSSR count). The zero-order chi connectivity index (χ0) is 32.9. The van der Waals surface area contributed by atoms with E-state index < -0.39 is 46.3 Å². The summed E-state index contributed by atoms with van der Waals surface area (Å²) in [4.78, 5) is 55.5. The number of aromatic nitrogens is 1. The van der Waals surface area contributed by atoms with Crippen molar-refractivity contribution in [3.8, 4) is 5.75 Å². The molecule has 1 saturated heterocycles. The van der Waals surface area contributed by atoms with Crippen LogP contribution in [0, 0.1) is 23.5 Å². The van der Waals surface area contributed by atoms with Crippen molar-refractivity contribution in [1.82, 2.24) is 14.8 Å². The Bertz CT molecular complexity index is 1470. The standard InChI is InChI=1S/C34H45F2N3O6/c1-21(2)11-9-7-6-8-10-16-44-33(43)45-30-28-32(42)38-20-34(5,22(3)12-13-23(38)4)39(28)19-26(29(30)40)31(41)37-18-24-14-15-25(35)17-27(24)36/h14-15,17,19,21-23H,6-13,16,18,20H2,1-5H3,(H,37,41). The summed E-state index contributed by atoms with van der Waals surface area (Å²) in [7, 11) is 0. The highest BCUT2D eigenvalue weighted by Crippen LogP contribution is 2.41. The number of nitrogens with one attached hydrogen (secondary N) is 1. The van der Waals surface area contributed by atoms with Crippen LogP contribution in [0.3, 0.4) is 0 Å². The predicted molar refractivity (Wildman–Crippen MR) is 165 cm³/mol. The van der Waals surface area contributed by atoms with Crippen LogP contribution < -0.4 is 15.5 Å². The smallest absolute Gasteiger partial charge is 0.434 e. The number of hydrogen-bond acceptors (Lipinski definition) is 6. The van der Waals surface area contributed by atoms with Crippen LogP contribution in [0.25, 0.3) is 0 Å². The molecule has 2 aromatic rings. The van der Waals surface area contributed by atoms with E-state index in [1.807, 2.05) is 20.8 Å². The van der Waals surface area contributed by atoms with Gasteiger partial charge < -0.3 is 24.3 Å². The quantitative estimate of drug-likeness (QED) is 0.211. The van der Waals surface area contributed by atoms with Crippen LogP contribution in [0.1, 0.15) is 112 Å². The third kappa shape index (κ3) is 7.73. The second-order valence-electron chi connectivity index (χ2n) is 13.1. The van der Waals surface area contributed by atoms with Crippen molar-refractivity contribution >= 4 is 18.0 Å². The fraction of sp³-hybridized carbons (Fsp3) is 0.588. The molecule has 2 aliphatic rings. The van der Waals surface area contributed by atoms with Gasteiger partial charge in [0.25, 0.3) is 11.8 Å². The molecule has 0 aliphatic carbocycles. The van der Waals surface area contributed by atoms with E-state index in [9.17, 15) is 28.0 Å². The molecule has 45 heavy (non-hydrogen) atoms. The van der Waals surface area contributed by atoms with Gasteiger partial charge in [-0.05, 0) is 51.0 Å². The minimum Gasteiger partial charge on any atom is -0.434 e. The van der Waals surface area contributed by atoms with Gasteiger partial charge in [0.1, 0.15) is 17.2 Å². The second-order valence-corrected chi connectivity index (χ2v) is 13.1. The summed E-state index contributed by atoms with van der Waals surface area (Å²) in [5.41, 5.74) is -2.16. The highest BCUT2D eigenvalue weighted by atomic mass is 19.1. The van der Waals surface area contributed by atoms with Gasteiger partial charge in [0.15, 0.2) is 5.69 Å². The van der Waals surface area contributed by atoms with Crippen LogP contribution in [0.5, 0.6) is 5.75 Å². The Morgan fingerprint density at radius 3 is 2.49 bits per heavy atom. The number of pyridine rings is 1. The fourth-order valence-electron chi connectivity index (χ4n) is 6.18. The average Bonchev–Trinajstić information content (AvgIpc) is 3.08. The molecular formula is C34H45F2N3O6. The Morgan fingerprint density at radius 1 is 1.07 bits per heavy atom. The molecule has 246 valence electrons. The summed E-state index contributed by atoms with van der Waals surface area (Å²) in [6, 6.07) is 2.85. The number of fused-ring (bicyclic) bond motifs is 4.